The van der Waals surface area contributed by atoms with Gasteiger partial charge < -0.3 is 4.84 Å². The fourth-order valence-corrected chi connectivity index (χ4v) is 1.91. The van der Waals surface area contributed by atoms with Gasteiger partial charge in [0.2, 0.25) is 0 Å². The third-order valence-electron chi connectivity index (χ3n) is 2.95. The summed E-state index contributed by atoms with van der Waals surface area (Å²) in [6.45, 7) is 4.40. The van der Waals surface area contributed by atoms with Crippen LogP contribution in [-0.2, 0) is 4.84 Å². The number of rotatable bonds is 12. The molecule has 0 aromatic rings. The molecular weight excluding hydrogens is 202 g/mol. The molecule has 0 aliphatic carbocycles. The van der Waals surface area contributed by atoms with Crippen LogP contribution in [0.2, 0.25) is 0 Å². The van der Waals surface area contributed by atoms with E-state index < -0.39 is 0 Å². The predicted molar refractivity (Wildman–Crippen MR) is 68.2 cm³/mol. The van der Waals surface area contributed by atoms with Crippen LogP contribution in [0.25, 0.3) is 0 Å². The van der Waals surface area contributed by atoms with Crippen molar-refractivity contribution in [3.05, 3.63) is 4.91 Å². The van der Waals surface area contributed by atoms with Crippen LogP contribution < -0.4 is 0 Å². The maximum absolute atomic E-state index is 10.1. The standard InChI is InChI=1S/C13H27NO2/c1-3-5-7-9-11-13(16-14-15)12-10-8-6-4-2/h13H,3-12H2,1-2H3. The highest BCUT2D eigenvalue weighted by molar-refractivity contribution is 4.58. The second-order valence-electron chi connectivity index (χ2n) is 4.50. The summed E-state index contributed by atoms with van der Waals surface area (Å²) in [6, 6.07) is 0. The van der Waals surface area contributed by atoms with Gasteiger partial charge in [0.05, 0.1) is 0 Å². The van der Waals surface area contributed by atoms with Crippen molar-refractivity contribution in [1.82, 2.24) is 0 Å². The summed E-state index contributed by atoms with van der Waals surface area (Å²) in [5.41, 5.74) is 0. The van der Waals surface area contributed by atoms with Gasteiger partial charge in [-0.2, -0.15) is 0 Å². The van der Waals surface area contributed by atoms with E-state index in [4.69, 9.17) is 4.84 Å². The molecule has 0 atom stereocenters. The Morgan fingerprint density at radius 1 is 0.875 bits per heavy atom. The zero-order chi connectivity index (χ0) is 12.1. The Balaban J connectivity index is 3.49. The molecule has 0 saturated heterocycles. The van der Waals surface area contributed by atoms with Crippen LogP contribution >= 0.6 is 0 Å². The summed E-state index contributed by atoms with van der Waals surface area (Å²) < 4.78 is 0. The fraction of sp³-hybridized carbons (Fsp3) is 1.00. The fourth-order valence-electron chi connectivity index (χ4n) is 1.91. The Morgan fingerprint density at radius 3 is 1.75 bits per heavy atom. The van der Waals surface area contributed by atoms with Crippen molar-refractivity contribution >= 4 is 0 Å². The molecule has 0 unspecified atom stereocenters. The van der Waals surface area contributed by atoms with Gasteiger partial charge in [-0.15, -0.1) is 4.91 Å². The van der Waals surface area contributed by atoms with Gasteiger partial charge in [-0.1, -0.05) is 52.4 Å². The minimum atomic E-state index is 0.0613. The summed E-state index contributed by atoms with van der Waals surface area (Å²) >= 11 is 0. The lowest BCUT2D eigenvalue weighted by molar-refractivity contribution is 0.0396. The molecule has 3 nitrogen and oxygen atoms in total. The van der Waals surface area contributed by atoms with Crippen molar-refractivity contribution in [2.75, 3.05) is 0 Å². The maximum atomic E-state index is 10.1. The van der Waals surface area contributed by atoms with Gasteiger partial charge in [0.1, 0.15) is 6.10 Å². The lowest BCUT2D eigenvalue weighted by atomic mass is 10.0. The SMILES string of the molecule is CCCCCCC(CCCCCC)ON=O. The van der Waals surface area contributed by atoms with Gasteiger partial charge >= 0.3 is 0 Å². The highest BCUT2D eigenvalue weighted by Gasteiger charge is 2.09. The molecule has 0 spiro atoms. The van der Waals surface area contributed by atoms with Crippen molar-refractivity contribution in [2.45, 2.75) is 84.2 Å². The van der Waals surface area contributed by atoms with E-state index >= 15 is 0 Å². The van der Waals surface area contributed by atoms with Crippen LogP contribution in [-0.4, -0.2) is 6.10 Å². The first-order chi connectivity index (χ1) is 7.85. The van der Waals surface area contributed by atoms with E-state index in [0.717, 1.165) is 25.7 Å². The van der Waals surface area contributed by atoms with Gasteiger partial charge in [0.15, 0.2) is 5.34 Å². The predicted octanol–water partition coefficient (Wildman–Crippen LogP) is 4.99. The zero-order valence-corrected chi connectivity index (χ0v) is 10.9. The third-order valence-corrected chi connectivity index (χ3v) is 2.95. The Hall–Kier alpha value is -0.600. The molecule has 0 heterocycles. The minimum absolute atomic E-state index is 0.0613. The molecule has 0 fully saturated rings. The van der Waals surface area contributed by atoms with E-state index in [2.05, 4.69) is 19.2 Å². The number of nitrogens with zero attached hydrogens (tertiary/aromatic N) is 1. The summed E-state index contributed by atoms with van der Waals surface area (Å²) in [5, 5.41) is 2.58. The Bertz CT molecular complexity index is 139. The van der Waals surface area contributed by atoms with Crippen molar-refractivity contribution in [2.24, 2.45) is 5.34 Å². The molecule has 0 amide bonds. The molecule has 0 aromatic carbocycles. The van der Waals surface area contributed by atoms with Crippen LogP contribution in [0.5, 0.6) is 0 Å². The van der Waals surface area contributed by atoms with Crippen molar-refractivity contribution < 1.29 is 4.84 Å². The molecule has 0 aromatic heterocycles. The summed E-state index contributed by atoms with van der Waals surface area (Å²) in [5.74, 6) is 0. The molecule has 0 radical (unpaired) electrons. The van der Waals surface area contributed by atoms with E-state index in [1.807, 2.05) is 0 Å². The van der Waals surface area contributed by atoms with Crippen LogP contribution in [0.1, 0.15) is 78.1 Å². The molecular formula is C13H27NO2. The molecule has 96 valence electrons. The molecule has 0 bridgehead atoms. The molecule has 0 aliphatic heterocycles. The van der Waals surface area contributed by atoms with E-state index in [1.165, 1.54) is 38.5 Å². The molecule has 3 heteroatoms. The van der Waals surface area contributed by atoms with Gasteiger partial charge in [-0.05, 0) is 25.7 Å². The topological polar surface area (TPSA) is 38.7 Å². The average Bonchev–Trinajstić information content (AvgIpc) is 2.30. The van der Waals surface area contributed by atoms with Gasteiger partial charge in [0.25, 0.3) is 0 Å². The largest absolute Gasteiger partial charge is 0.361 e. The van der Waals surface area contributed by atoms with E-state index in [0.29, 0.717) is 0 Å². The zero-order valence-electron chi connectivity index (χ0n) is 10.9. The number of unbranched alkanes of at least 4 members (excludes halogenated alkanes) is 6. The average molecular weight is 229 g/mol. The van der Waals surface area contributed by atoms with Crippen molar-refractivity contribution in [1.29, 1.82) is 0 Å². The second-order valence-corrected chi connectivity index (χ2v) is 4.50. The second kappa shape index (κ2) is 12.5. The summed E-state index contributed by atoms with van der Waals surface area (Å²) in [4.78, 5) is 15.0. The molecule has 16 heavy (non-hydrogen) atoms. The quantitative estimate of drug-likeness (QED) is 0.268. The number of hydrogen-bond donors (Lipinski definition) is 0. The van der Waals surface area contributed by atoms with Crippen LogP contribution in [0.3, 0.4) is 0 Å². The maximum Gasteiger partial charge on any atom is 0.155 e. The summed E-state index contributed by atoms with van der Waals surface area (Å²) in [7, 11) is 0. The normalized spacial score (nSPS) is 10.7. The highest BCUT2D eigenvalue weighted by atomic mass is 16.7. The van der Waals surface area contributed by atoms with Crippen LogP contribution in [0.15, 0.2) is 5.34 Å². The van der Waals surface area contributed by atoms with E-state index in [1.54, 1.807) is 0 Å². The summed E-state index contributed by atoms with van der Waals surface area (Å²) in [6.07, 6.45) is 11.9. The first kappa shape index (κ1) is 15.4. The van der Waals surface area contributed by atoms with Gasteiger partial charge in [0, 0.05) is 0 Å². The Morgan fingerprint density at radius 2 is 1.38 bits per heavy atom. The van der Waals surface area contributed by atoms with E-state index in [-0.39, 0.29) is 6.10 Å². The lowest BCUT2D eigenvalue weighted by Crippen LogP contribution is -2.09. The molecule has 0 aliphatic rings. The molecule has 0 rings (SSSR count). The highest BCUT2D eigenvalue weighted by Crippen LogP contribution is 2.15. The van der Waals surface area contributed by atoms with Crippen LogP contribution in [0.4, 0.5) is 0 Å². The first-order valence-corrected chi connectivity index (χ1v) is 6.83. The Labute approximate surface area is 99.9 Å². The van der Waals surface area contributed by atoms with Crippen molar-refractivity contribution in [3.8, 4) is 0 Å². The molecule has 0 saturated carbocycles. The van der Waals surface area contributed by atoms with Gasteiger partial charge in [-0.3, -0.25) is 0 Å². The van der Waals surface area contributed by atoms with Crippen LogP contribution in [0, 0.1) is 4.91 Å². The third kappa shape index (κ3) is 9.94. The van der Waals surface area contributed by atoms with Crippen molar-refractivity contribution in [3.63, 3.8) is 0 Å². The van der Waals surface area contributed by atoms with Gasteiger partial charge in [-0.25, -0.2) is 0 Å². The number of hydrogen-bond acceptors (Lipinski definition) is 3. The smallest absolute Gasteiger partial charge is 0.155 e. The lowest BCUT2D eigenvalue weighted by Gasteiger charge is -2.12. The van der Waals surface area contributed by atoms with E-state index in [9.17, 15) is 4.91 Å². The Kier molecular flexibility index (Phi) is 12.0. The minimum Gasteiger partial charge on any atom is -0.361 e. The first-order valence-electron chi connectivity index (χ1n) is 6.83. The monoisotopic (exact) mass is 229 g/mol. The molecule has 0 N–H and O–H groups in total.